The van der Waals surface area contributed by atoms with Crippen molar-refractivity contribution in [3.05, 3.63) is 42.9 Å². The monoisotopic (exact) mass is 226 g/mol. The Morgan fingerprint density at radius 1 is 1.18 bits per heavy atom. The lowest BCUT2D eigenvalue weighted by Crippen LogP contribution is -1.88. The summed E-state index contributed by atoms with van der Waals surface area (Å²) in [5.41, 5.74) is 3.23. The third-order valence-corrected chi connectivity index (χ3v) is 2.61. The van der Waals surface area contributed by atoms with Crippen LogP contribution in [0.5, 0.6) is 5.75 Å². The fourth-order valence-electron chi connectivity index (χ4n) is 1.78. The Balaban J connectivity index is 2.19. The SMILES string of the molecule is COc1ccccc1-c1cnc2ncoc2c1. The molecular weight excluding hydrogens is 216 g/mol. The molecule has 0 aliphatic carbocycles. The van der Waals surface area contributed by atoms with Gasteiger partial charge in [-0.15, -0.1) is 0 Å². The van der Waals surface area contributed by atoms with Crippen LogP contribution in [0.2, 0.25) is 0 Å². The number of methoxy groups -OCH3 is 1. The van der Waals surface area contributed by atoms with Crippen molar-refractivity contribution in [3.63, 3.8) is 0 Å². The van der Waals surface area contributed by atoms with Crippen molar-refractivity contribution in [2.45, 2.75) is 0 Å². The van der Waals surface area contributed by atoms with E-state index in [-0.39, 0.29) is 0 Å². The van der Waals surface area contributed by atoms with Crippen molar-refractivity contribution in [2.24, 2.45) is 0 Å². The van der Waals surface area contributed by atoms with Crippen molar-refractivity contribution in [1.29, 1.82) is 0 Å². The molecule has 1 aromatic carbocycles. The minimum atomic E-state index is 0.614. The van der Waals surface area contributed by atoms with E-state index >= 15 is 0 Å². The van der Waals surface area contributed by atoms with Crippen LogP contribution in [0.3, 0.4) is 0 Å². The first-order valence-corrected chi connectivity index (χ1v) is 5.21. The maximum Gasteiger partial charge on any atom is 0.198 e. The molecule has 0 fully saturated rings. The van der Waals surface area contributed by atoms with E-state index in [9.17, 15) is 0 Å². The van der Waals surface area contributed by atoms with Gasteiger partial charge in [0.25, 0.3) is 0 Å². The maximum absolute atomic E-state index is 5.32. The van der Waals surface area contributed by atoms with Gasteiger partial charge in [-0.1, -0.05) is 18.2 Å². The molecule has 0 saturated carbocycles. The molecule has 0 radical (unpaired) electrons. The number of aromatic nitrogens is 2. The van der Waals surface area contributed by atoms with E-state index in [2.05, 4.69) is 9.97 Å². The molecule has 3 rings (SSSR count). The molecule has 4 heteroatoms. The number of oxazole rings is 1. The van der Waals surface area contributed by atoms with Crippen LogP contribution in [-0.4, -0.2) is 17.1 Å². The summed E-state index contributed by atoms with van der Waals surface area (Å²) in [5.74, 6) is 0.813. The van der Waals surface area contributed by atoms with Crippen molar-refractivity contribution in [1.82, 2.24) is 9.97 Å². The van der Waals surface area contributed by atoms with E-state index in [0.717, 1.165) is 16.9 Å². The fraction of sp³-hybridized carbons (Fsp3) is 0.0769. The summed E-state index contributed by atoms with van der Waals surface area (Å²) in [6.07, 6.45) is 3.16. The van der Waals surface area contributed by atoms with Gasteiger partial charge in [-0.3, -0.25) is 0 Å². The van der Waals surface area contributed by atoms with Gasteiger partial charge in [-0.05, 0) is 12.1 Å². The molecule has 0 saturated heterocycles. The highest BCUT2D eigenvalue weighted by Crippen LogP contribution is 2.30. The van der Waals surface area contributed by atoms with Gasteiger partial charge >= 0.3 is 0 Å². The highest BCUT2D eigenvalue weighted by atomic mass is 16.5. The minimum absolute atomic E-state index is 0.614. The third kappa shape index (κ3) is 1.63. The predicted octanol–water partition coefficient (Wildman–Crippen LogP) is 2.90. The van der Waals surface area contributed by atoms with Crippen LogP contribution >= 0.6 is 0 Å². The standard InChI is InChI=1S/C13H10N2O2/c1-16-11-5-3-2-4-10(11)9-6-12-13(14-7-9)15-8-17-12/h2-8H,1H3. The van der Waals surface area contributed by atoms with Crippen LogP contribution < -0.4 is 4.74 Å². The Bertz CT molecular complexity index is 661. The normalized spacial score (nSPS) is 10.6. The van der Waals surface area contributed by atoms with E-state index in [0.29, 0.717) is 11.2 Å². The summed E-state index contributed by atoms with van der Waals surface area (Å²) >= 11 is 0. The summed E-state index contributed by atoms with van der Waals surface area (Å²) in [6.45, 7) is 0. The predicted molar refractivity (Wildman–Crippen MR) is 63.8 cm³/mol. The highest BCUT2D eigenvalue weighted by molar-refractivity contribution is 5.78. The smallest absolute Gasteiger partial charge is 0.198 e. The summed E-state index contributed by atoms with van der Waals surface area (Å²) < 4.78 is 10.6. The van der Waals surface area contributed by atoms with Crippen LogP contribution in [0, 0.1) is 0 Å². The van der Waals surface area contributed by atoms with E-state index < -0.39 is 0 Å². The second kappa shape index (κ2) is 3.90. The molecule has 0 atom stereocenters. The lowest BCUT2D eigenvalue weighted by Gasteiger charge is -2.07. The molecule has 17 heavy (non-hydrogen) atoms. The molecule has 84 valence electrons. The van der Waals surface area contributed by atoms with Gasteiger partial charge in [0.2, 0.25) is 0 Å². The number of fused-ring (bicyclic) bond motifs is 1. The molecule has 2 heterocycles. The summed E-state index contributed by atoms with van der Waals surface area (Å²) in [7, 11) is 1.65. The van der Waals surface area contributed by atoms with E-state index in [1.54, 1.807) is 13.3 Å². The zero-order valence-electron chi connectivity index (χ0n) is 9.25. The Kier molecular flexibility index (Phi) is 2.26. The van der Waals surface area contributed by atoms with Gasteiger partial charge in [0.15, 0.2) is 17.6 Å². The number of nitrogens with zero attached hydrogens (tertiary/aromatic N) is 2. The second-order valence-electron chi connectivity index (χ2n) is 3.60. The van der Waals surface area contributed by atoms with E-state index in [1.807, 2.05) is 30.3 Å². The van der Waals surface area contributed by atoms with Gasteiger partial charge in [-0.2, -0.15) is 4.98 Å². The zero-order chi connectivity index (χ0) is 11.7. The van der Waals surface area contributed by atoms with Crippen LogP contribution in [-0.2, 0) is 0 Å². The van der Waals surface area contributed by atoms with E-state index in [4.69, 9.17) is 9.15 Å². The first-order chi connectivity index (χ1) is 8.38. The van der Waals surface area contributed by atoms with Gasteiger partial charge < -0.3 is 9.15 Å². The molecule has 0 spiro atoms. The van der Waals surface area contributed by atoms with Gasteiger partial charge in [0.05, 0.1) is 7.11 Å². The highest BCUT2D eigenvalue weighted by Gasteiger charge is 2.07. The van der Waals surface area contributed by atoms with Gasteiger partial charge in [0, 0.05) is 17.3 Å². The quantitative estimate of drug-likeness (QED) is 0.674. The van der Waals surface area contributed by atoms with Crippen LogP contribution in [0.25, 0.3) is 22.4 Å². The summed E-state index contributed by atoms with van der Waals surface area (Å²) in [5, 5.41) is 0. The van der Waals surface area contributed by atoms with Gasteiger partial charge in [-0.25, -0.2) is 4.98 Å². The summed E-state index contributed by atoms with van der Waals surface area (Å²) in [6, 6.07) is 9.70. The first-order valence-electron chi connectivity index (χ1n) is 5.21. The molecule has 4 nitrogen and oxygen atoms in total. The van der Waals surface area contributed by atoms with Crippen LogP contribution in [0.1, 0.15) is 0 Å². The number of benzene rings is 1. The Hall–Kier alpha value is -2.36. The molecule has 0 aliphatic rings. The number of pyridine rings is 1. The first kappa shape index (κ1) is 9.84. The fourth-order valence-corrected chi connectivity index (χ4v) is 1.78. The van der Waals surface area contributed by atoms with Crippen molar-refractivity contribution < 1.29 is 9.15 Å². The number of para-hydroxylation sites is 1. The molecular formula is C13H10N2O2. The molecule has 0 unspecified atom stereocenters. The van der Waals surface area contributed by atoms with Crippen molar-refractivity contribution in [2.75, 3.05) is 7.11 Å². The van der Waals surface area contributed by atoms with E-state index in [1.165, 1.54) is 6.39 Å². The third-order valence-electron chi connectivity index (χ3n) is 2.61. The summed E-state index contributed by atoms with van der Waals surface area (Å²) in [4.78, 5) is 8.22. The van der Waals surface area contributed by atoms with Crippen molar-refractivity contribution in [3.8, 4) is 16.9 Å². The molecule has 3 aromatic rings. The lowest BCUT2D eigenvalue weighted by molar-refractivity contribution is 0.416. The number of hydrogen-bond donors (Lipinski definition) is 0. The zero-order valence-corrected chi connectivity index (χ0v) is 9.25. The Morgan fingerprint density at radius 3 is 2.94 bits per heavy atom. The molecule has 2 aromatic heterocycles. The van der Waals surface area contributed by atoms with Gasteiger partial charge in [0.1, 0.15) is 5.75 Å². The number of hydrogen-bond acceptors (Lipinski definition) is 4. The molecule has 0 aliphatic heterocycles. The molecule has 0 bridgehead atoms. The number of rotatable bonds is 2. The van der Waals surface area contributed by atoms with Crippen LogP contribution in [0.4, 0.5) is 0 Å². The second-order valence-corrected chi connectivity index (χ2v) is 3.60. The minimum Gasteiger partial charge on any atom is -0.496 e. The topological polar surface area (TPSA) is 48.2 Å². The molecule has 0 N–H and O–H groups in total. The largest absolute Gasteiger partial charge is 0.496 e. The molecule has 0 amide bonds. The number of ether oxygens (including phenoxy) is 1. The average Bonchev–Trinajstić information content (AvgIpc) is 2.85. The lowest BCUT2D eigenvalue weighted by atomic mass is 10.1. The van der Waals surface area contributed by atoms with Crippen molar-refractivity contribution >= 4 is 11.2 Å². The maximum atomic E-state index is 5.32. The van der Waals surface area contributed by atoms with Crippen LogP contribution in [0.15, 0.2) is 47.3 Å². The Morgan fingerprint density at radius 2 is 2.06 bits per heavy atom. The Labute approximate surface area is 97.9 Å². The average molecular weight is 226 g/mol.